The van der Waals surface area contributed by atoms with E-state index in [4.69, 9.17) is 9.47 Å². The fraction of sp³-hybridized carbons (Fsp3) is 0.583. The van der Waals surface area contributed by atoms with Gasteiger partial charge in [0.15, 0.2) is 0 Å². The molecular formula is C24H32N4O5. The van der Waals surface area contributed by atoms with Crippen molar-refractivity contribution in [3.63, 3.8) is 0 Å². The average Bonchev–Trinajstić information content (AvgIpc) is 3.60. The lowest BCUT2D eigenvalue weighted by Gasteiger charge is -2.27. The van der Waals surface area contributed by atoms with Crippen molar-refractivity contribution < 1.29 is 24.2 Å². The van der Waals surface area contributed by atoms with Crippen molar-refractivity contribution in [3.8, 4) is 17.0 Å². The van der Waals surface area contributed by atoms with Gasteiger partial charge in [0, 0.05) is 25.7 Å². The molecule has 2 aromatic rings. The second-order valence-corrected chi connectivity index (χ2v) is 9.19. The van der Waals surface area contributed by atoms with E-state index in [1.54, 1.807) is 29.0 Å². The molecule has 1 N–H and O–H groups in total. The van der Waals surface area contributed by atoms with Gasteiger partial charge in [-0.05, 0) is 63.5 Å². The van der Waals surface area contributed by atoms with Gasteiger partial charge >= 0.3 is 12.1 Å². The van der Waals surface area contributed by atoms with Crippen molar-refractivity contribution in [1.29, 1.82) is 0 Å². The van der Waals surface area contributed by atoms with Crippen molar-refractivity contribution in [2.45, 2.75) is 64.2 Å². The number of nitrogens with zero attached hydrogens (tertiary/aromatic N) is 4. The highest BCUT2D eigenvalue weighted by atomic mass is 16.6. The largest absolute Gasteiger partial charge is 0.489 e. The molecule has 0 saturated heterocycles. The van der Waals surface area contributed by atoms with Crippen molar-refractivity contribution in [1.82, 2.24) is 19.7 Å². The normalized spacial score (nSPS) is 21.3. The van der Waals surface area contributed by atoms with Crippen LogP contribution in [0, 0.1) is 11.8 Å². The van der Waals surface area contributed by atoms with Gasteiger partial charge in [0.1, 0.15) is 12.4 Å². The first kappa shape index (κ1) is 23.1. The highest BCUT2D eigenvalue weighted by Crippen LogP contribution is 2.35. The van der Waals surface area contributed by atoms with E-state index >= 15 is 0 Å². The van der Waals surface area contributed by atoms with Crippen LogP contribution >= 0.6 is 0 Å². The minimum absolute atomic E-state index is 0.102. The quantitative estimate of drug-likeness (QED) is 0.642. The molecule has 4 rings (SSSR count). The lowest BCUT2D eigenvalue weighted by atomic mass is 9.87. The van der Waals surface area contributed by atoms with E-state index in [1.807, 2.05) is 19.2 Å². The minimum Gasteiger partial charge on any atom is -0.489 e. The fourth-order valence-electron chi connectivity index (χ4n) is 4.42. The summed E-state index contributed by atoms with van der Waals surface area (Å²) in [5, 5.41) is 13.6. The Hall–Kier alpha value is -3.10. The number of carbonyl (C=O) groups excluding carboxylic acids is 1. The number of hydrogen-bond donors (Lipinski definition) is 1. The summed E-state index contributed by atoms with van der Waals surface area (Å²) in [6, 6.07) is 3.85. The fourth-order valence-corrected chi connectivity index (χ4v) is 4.42. The van der Waals surface area contributed by atoms with Crippen LogP contribution in [-0.2, 0) is 23.2 Å². The Kier molecular flexibility index (Phi) is 6.85. The Morgan fingerprint density at radius 1 is 1.24 bits per heavy atom. The van der Waals surface area contributed by atoms with Crippen molar-refractivity contribution >= 4 is 12.1 Å². The number of amides is 1. The van der Waals surface area contributed by atoms with Gasteiger partial charge in [-0.25, -0.2) is 4.79 Å². The number of aromatic nitrogens is 3. The van der Waals surface area contributed by atoms with Gasteiger partial charge in [-0.15, -0.1) is 0 Å². The summed E-state index contributed by atoms with van der Waals surface area (Å²) >= 11 is 0. The molecule has 2 heterocycles. The van der Waals surface area contributed by atoms with Crippen LogP contribution in [0.15, 0.2) is 24.5 Å². The van der Waals surface area contributed by atoms with E-state index in [0.29, 0.717) is 30.2 Å². The zero-order chi connectivity index (χ0) is 23.5. The van der Waals surface area contributed by atoms with Gasteiger partial charge in [0.25, 0.3) is 0 Å². The summed E-state index contributed by atoms with van der Waals surface area (Å²) < 4.78 is 13.2. The van der Waals surface area contributed by atoms with E-state index in [2.05, 4.69) is 17.0 Å². The summed E-state index contributed by atoms with van der Waals surface area (Å²) in [4.78, 5) is 29.9. The number of aryl methyl sites for hydroxylation is 1. The molecular weight excluding hydrogens is 424 g/mol. The summed E-state index contributed by atoms with van der Waals surface area (Å²) in [5.41, 5.74) is 2.25. The molecule has 9 heteroatoms. The van der Waals surface area contributed by atoms with E-state index in [9.17, 15) is 14.7 Å². The SMILES string of the molecule is CC(C1CC1)N(C)C(=O)OCc1c(-c2ccc(O[C@H]3CCC[C@H](C(=O)O)C3)cn2)cnn1C. The number of carboxylic acids is 1. The predicted octanol–water partition coefficient (Wildman–Crippen LogP) is 3.87. The van der Waals surface area contributed by atoms with E-state index < -0.39 is 5.97 Å². The van der Waals surface area contributed by atoms with Gasteiger partial charge < -0.3 is 19.5 Å². The first-order valence-corrected chi connectivity index (χ1v) is 11.6. The van der Waals surface area contributed by atoms with Crippen molar-refractivity contribution in [3.05, 3.63) is 30.2 Å². The second kappa shape index (κ2) is 9.80. The molecule has 9 nitrogen and oxygen atoms in total. The van der Waals surface area contributed by atoms with Gasteiger partial charge in [-0.1, -0.05) is 0 Å². The number of pyridine rings is 1. The second-order valence-electron chi connectivity index (χ2n) is 9.19. The van der Waals surface area contributed by atoms with Gasteiger partial charge in [0.2, 0.25) is 0 Å². The molecule has 1 amide bonds. The Balaban J connectivity index is 1.38. The Morgan fingerprint density at radius 2 is 2.03 bits per heavy atom. The number of aliphatic carboxylic acids is 1. The summed E-state index contributed by atoms with van der Waals surface area (Å²) in [6.45, 7) is 2.15. The van der Waals surface area contributed by atoms with E-state index in [1.165, 1.54) is 0 Å². The van der Waals surface area contributed by atoms with Crippen LogP contribution in [0.4, 0.5) is 4.79 Å². The molecule has 0 aliphatic heterocycles. The van der Waals surface area contributed by atoms with Crippen molar-refractivity contribution in [2.24, 2.45) is 18.9 Å². The maximum absolute atomic E-state index is 12.5. The highest BCUT2D eigenvalue weighted by molar-refractivity contribution is 5.70. The molecule has 2 aliphatic carbocycles. The van der Waals surface area contributed by atoms with Crippen LogP contribution < -0.4 is 4.74 Å². The van der Waals surface area contributed by atoms with E-state index in [-0.39, 0.29) is 30.8 Å². The average molecular weight is 457 g/mol. The van der Waals surface area contributed by atoms with Crippen LogP contribution in [0.5, 0.6) is 5.75 Å². The first-order chi connectivity index (χ1) is 15.8. The molecule has 2 fully saturated rings. The molecule has 0 spiro atoms. The summed E-state index contributed by atoms with van der Waals surface area (Å²) in [5.74, 6) is 0.0865. The van der Waals surface area contributed by atoms with Crippen molar-refractivity contribution in [2.75, 3.05) is 7.05 Å². The van der Waals surface area contributed by atoms with Crippen LogP contribution in [0.3, 0.4) is 0 Å². The zero-order valence-electron chi connectivity index (χ0n) is 19.4. The number of carbonyl (C=O) groups is 2. The van der Waals surface area contributed by atoms with Crippen LogP contribution in [-0.4, -0.2) is 56.0 Å². The lowest BCUT2D eigenvalue weighted by Crippen LogP contribution is -2.36. The van der Waals surface area contributed by atoms with Crippen LogP contribution in [0.25, 0.3) is 11.3 Å². The topological polar surface area (TPSA) is 107 Å². The van der Waals surface area contributed by atoms with Gasteiger partial charge in [-0.2, -0.15) is 5.10 Å². The number of ether oxygens (including phenoxy) is 2. The molecule has 178 valence electrons. The molecule has 0 radical (unpaired) electrons. The third-order valence-corrected chi connectivity index (χ3v) is 6.89. The molecule has 2 aliphatic rings. The number of carboxylic acid groups (broad SMARTS) is 1. The highest BCUT2D eigenvalue weighted by Gasteiger charge is 2.33. The molecule has 2 saturated carbocycles. The van der Waals surface area contributed by atoms with Crippen LogP contribution in [0.2, 0.25) is 0 Å². The van der Waals surface area contributed by atoms with E-state index in [0.717, 1.165) is 36.9 Å². The lowest BCUT2D eigenvalue weighted by molar-refractivity contribution is -0.143. The Morgan fingerprint density at radius 3 is 2.70 bits per heavy atom. The third kappa shape index (κ3) is 5.46. The summed E-state index contributed by atoms with van der Waals surface area (Å²) in [7, 11) is 3.59. The standard InChI is InChI=1S/C24H32N4O5/c1-15(16-7-8-16)27(2)24(31)32-14-22-20(13-26-28(22)3)21-10-9-19(12-25-21)33-18-6-4-5-17(11-18)23(29)30/h9-10,12-13,15-18H,4-8,11,14H2,1-3H3,(H,29,30)/t15?,17-,18-/m0/s1. The molecule has 1 unspecified atom stereocenters. The maximum Gasteiger partial charge on any atom is 0.410 e. The van der Waals surface area contributed by atoms with Gasteiger partial charge in [-0.3, -0.25) is 14.5 Å². The molecule has 33 heavy (non-hydrogen) atoms. The number of rotatable bonds is 8. The molecule has 2 aromatic heterocycles. The molecule has 3 atom stereocenters. The zero-order valence-corrected chi connectivity index (χ0v) is 19.4. The first-order valence-electron chi connectivity index (χ1n) is 11.6. The monoisotopic (exact) mass is 456 g/mol. The Bertz CT molecular complexity index is 985. The Labute approximate surface area is 193 Å². The smallest absolute Gasteiger partial charge is 0.410 e. The predicted molar refractivity (Wildman–Crippen MR) is 121 cm³/mol. The third-order valence-electron chi connectivity index (χ3n) is 6.89. The maximum atomic E-state index is 12.5. The summed E-state index contributed by atoms with van der Waals surface area (Å²) in [6.07, 6.45) is 8.14. The number of hydrogen-bond acceptors (Lipinski definition) is 6. The minimum atomic E-state index is -0.755. The van der Waals surface area contributed by atoms with Crippen LogP contribution in [0.1, 0.15) is 51.1 Å². The molecule has 0 bridgehead atoms. The van der Waals surface area contributed by atoms with Gasteiger partial charge in [0.05, 0.1) is 35.8 Å². The molecule has 0 aromatic carbocycles.